The quantitative estimate of drug-likeness (QED) is 0.757. The number of rotatable bonds is 4. The van der Waals surface area contributed by atoms with Crippen LogP contribution in [0.4, 0.5) is 16.3 Å². The average Bonchev–Trinajstić information content (AvgIpc) is 3.04. The molecule has 1 fully saturated rings. The van der Waals surface area contributed by atoms with Crippen molar-refractivity contribution in [3.05, 3.63) is 60.6 Å². The molecule has 30 heavy (non-hydrogen) atoms. The number of fused-ring (bicyclic) bond motifs is 2. The van der Waals surface area contributed by atoms with Crippen LogP contribution < -0.4 is 9.62 Å². The summed E-state index contributed by atoms with van der Waals surface area (Å²) in [6.45, 7) is 5.29. The highest BCUT2D eigenvalue weighted by Gasteiger charge is 2.47. The van der Waals surface area contributed by atoms with E-state index in [9.17, 15) is 13.2 Å². The monoisotopic (exact) mass is 427 g/mol. The summed E-state index contributed by atoms with van der Waals surface area (Å²) in [6.07, 6.45) is 9.78. The number of carbonyl (C=O) groups excluding carboxylic acids is 1. The standard InChI is InChI=1S/C21H25N5O3S/c1-3-4-16-5-6-18-17(13-16)21(15-26(18)30(2,28)29)7-11-25(12-8-21)20(27)24-19-14-22-9-10-23-19/h3,5-6,9-10,13-14H,1,4,7-8,11-12,15H2,2H3,(H,23,24,27). The lowest BCUT2D eigenvalue weighted by Crippen LogP contribution is -2.48. The van der Waals surface area contributed by atoms with Gasteiger partial charge in [0.1, 0.15) is 0 Å². The molecule has 0 unspecified atom stereocenters. The van der Waals surface area contributed by atoms with Crippen molar-refractivity contribution in [2.75, 3.05) is 35.5 Å². The zero-order chi connectivity index (χ0) is 21.4. The minimum absolute atomic E-state index is 0.219. The average molecular weight is 428 g/mol. The molecule has 8 nitrogen and oxygen atoms in total. The maximum atomic E-state index is 12.6. The van der Waals surface area contributed by atoms with Crippen molar-refractivity contribution >= 4 is 27.6 Å². The lowest BCUT2D eigenvalue weighted by Gasteiger charge is -2.39. The summed E-state index contributed by atoms with van der Waals surface area (Å²) < 4.78 is 26.4. The number of urea groups is 1. The van der Waals surface area contributed by atoms with Gasteiger partial charge < -0.3 is 4.90 Å². The van der Waals surface area contributed by atoms with E-state index in [0.29, 0.717) is 38.3 Å². The fourth-order valence-corrected chi connectivity index (χ4v) is 5.38. The third-order valence-corrected chi connectivity index (χ3v) is 7.06. The second kappa shape index (κ2) is 7.71. The number of benzene rings is 1. The Kier molecular flexibility index (Phi) is 5.23. The first-order chi connectivity index (χ1) is 14.3. The molecule has 0 bridgehead atoms. The summed E-state index contributed by atoms with van der Waals surface area (Å²) in [7, 11) is -3.38. The zero-order valence-corrected chi connectivity index (χ0v) is 17.7. The molecule has 1 aromatic heterocycles. The van der Waals surface area contributed by atoms with Gasteiger partial charge in [-0.05, 0) is 36.5 Å². The first kappa shape index (κ1) is 20.3. The largest absolute Gasteiger partial charge is 0.324 e. The van der Waals surface area contributed by atoms with Gasteiger partial charge in [0, 0.05) is 37.4 Å². The van der Waals surface area contributed by atoms with Crippen LogP contribution in [0.5, 0.6) is 0 Å². The van der Waals surface area contributed by atoms with Crippen molar-refractivity contribution < 1.29 is 13.2 Å². The van der Waals surface area contributed by atoms with Crippen LogP contribution in [0.25, 0.3) is 0 Å². The van der Waals surface area contributed by atoms with Gasteiger partial charge in [0.2, 0.25) is 10.0 Å². The first-order valence-corrected chi connectivity index (χ1v) is 11.7. The van der Waals surface area contributed by atoms with Crippen LogP contribution in [0.15, 0.2) is 49.4 Å². The normalized spacial score (nSPS) is 17.6. The van der Waals surface area contributed by atoms with E-state index in [-0.39, 0.29) is 11.4 Å². The van der Waals surface area contributed by atoms with Crippen molar-refractivity contribution in [2.45, 2.75) is 24.7 Å². The van der Waals surface area contributed by atoms with Gasteiger partial charge in [0.05, 0.1) is 18.1 Å². The van der Waals surface area contributed by atoms with Crippen molar-refractivity contribution in [1.29, 1.82) is 0 Å². The third kappa shape index (κ3) is 3.77. The topological polar surface area (TPSA) is 95.5 Å². The van der Waals surface area contributed by atoms with Crippen LogP contribution >= 0.6 is 0 Å². The molecule has 1 aromatic carbocycles. The summed E-state index contributed by atoms with van der Waals surface area (Å²) in [5, 5.41) is 2.76. The molecule has 3 heterocycles. The highest BCUT2D eigenvalue weighted by Crippen LogP contribution is 2.48. The molecule has 0 saturated carbocycles. The van der Waals surface area contributed by atoms with Crippen LogP contribution in [0.2, 0.25) is 0 Å². The predicted octanol–water partition coefficient (Wildman–Crippen LogP) is 2.55. The summed E-state index contributed by atoms with van der Waals surface area (Å²) in [6, 6.07) is 5.75. The van der Waals surface area contributed by atoms with Crippen molar-refractivity contribution in [3.63, 3.8) is 0 Å². The van der Waals surface area contributed by atoms with Gasteiger partial charge in [-0.3, -0.25) is 14.6 Å². The number of nitrogens with one attached hydrogen (secondary N) is 1. The number of nitrogens with zero attached hydrogens (tertiary/aromatic N) is 4. The number of aromatic nitrogens is 2. The maximum Gasteiger partial charge on any atom is 0.323 e. The molecule has 9 heteroatoms. The molecule has 1 N–H and O–H groups in total. The maximum absolute atomic E-state index is 12.6. The Bertz CT molecular complexity index is 1060. The van der Waals surface area contributed by atoms with Crippen LogP contribution in [0, 0.1) is 0 Å². The van der Waals surface area contributed by atoms with E-state index in [1.807, 2.05) is 18.2 Å². The Labute approximate surface area is 176 Å². The van der Waals surface area contributed by atoms with Crippen LogP contribution in [-0.2, 0) is 21.9 Å². The SMILES string of the molecule is C=CCc1ccc2c(c1)C1(CCN(C(=O)Nc3cnccn3)CC1)CN2S(C)(=O)=O. The molecule has 1 saturated heterocycles. The van der Waals surface area contributed by atoms with E-state index in [1.165, 1.54) is 23.0 Å². The number of allylic oxidation sites excluding steroid dienone is 1. The number of hydrogen-bond acceptors (Lipinski definition) is 5. The van der Waals surface area contributed by atoms with E-state index < -0.39 is 10.0 Å². The number of piperidine rings is 1. The fraction of sp³-hybridized carbons (Fsp3) is 0.381. The Morgan fingerprint density at radius 1 is 1.30 bits per heavy atom. The summed E-state index contributed by atoms with van der Waals surface area (Å²) in [4.78, 5) is 22.4. The van der Waals surface area contributed by atoms with Crippen molar-refractivity contribution in [2.24, 2.45) is 0 Å². The number of anilines is 2. The van der Waals surface area contributed by atoms with Crippen molar-refractivity contribution in [3.8, 4) is 0 Å². The molecule has 158 valence electrons. The molecule has 2 aliphatic rings. The lowest BCUT2D eigenvalue weighted by molar-refractivity contribution is 0.173. The Balaban J connectivity index is 1.56. The van der Waals surface area contributed by atoms with Gasteiger partial charge in [-0.1, -0.05) is 18.2 Å². The molecular weight excluding hydrogens is 402 g/mol. The molecule has 4 rings (SSSR count). The second-order valence-corrected chi connectivity index (χ2v) is 9.81. The van der Waals surface area contributed by atoms with E-state index in [1.54, 1.807) is 11.1 Å². The van der Waals surface area contributed by atoms with E-state index in [2.05, 4.69) is 27.9 Å². The second-order valence-electron chi connectivity index (χ2n) is 7.90. The molecule has 0 aliphatic carbocycles. The zero-order valence-electron chi connectivity index (χ0n) is 16.9. The number of hydrogen-bond donors (Lipinski definition) is 1. The number of sulfonamides is 1. The van der Waals surface area contributed by atoms with Crippen LogP contribution in [0.1, 0.15) is 24.0 Å². The number of amides is 2. The van der Waals surface area contributed by atoms with Crippen LogP contribution in [-0.4, -0.2) is 55.2 Å². The lowest BCUT2D eigenvalue weighted by atomic mass is 9.74. The summed E-state index contributed by atoms with van der Waals surface area (Å²) >= 11 is 0. The fourth-order valence-electron chi connectivity index (χ4n) is 4.38. The first-order valence-electron chi connectivity index (χ1n) is 9.86. The van der Waals surface area contributed by atoms with E-state index in [0.717, 1.165) is 23.2 Å². The molecule has 1 spiro atoms. The molecule has 0 atom stereocenters. The highest BCUT2D eigenvalue weighted by atomic mass is 32.2. The minimum atomic E-state index is -3.38. The Morgan fingerprint density at radius 3 is 2.70 bits per heavy atom. The minimum Gasteiger partial charge on any atom is -0.324 e. The predicted molar refractivity (Wildman–Crippen MR) is 116 cm³/mol. The molecule has 0 radical (unpaired) electrons. The van der Waals surface area contributed by atoms with Gasteiger partial charge in [0.25, 0.3) is 0 Å². The van der Waals surface area contributed by atoms with Gasteiger partial charge in [-0.2, -0.15) is 0 Å². The Morgan fingerprint density at radius 2 is 2.07 bits per heavy atom. The number of likely N-dealkylation sites (tertiary alicyclic amines) is 1. The van der Waals surface area contributed by atoms with Crippen LogP contribution in [0.3, 0.4) is 0 Å². The number of carbonyl (C=O) groups is 1. The van der Waals surface area contributed by atoms with Gasteiger partial charge in [0.15, 0.2) is 5.82 Å². The molecule has 2 amide bonds. The van der Waals surface area contributed by atoms with E-state index in [4.69, 9.17) is 0 Å². The molecule has 2 aliphatic heterocycles. The molecular formula is C21H25N5O3S. The van der Waals surface area contributed by atoms with E-state index >= 15 is 0 Å². The van der Waals surface area contributed by atoms with Gasteiger partial charge in [-0.25, -0.2) is 18.2 Å². The highest BCUT2D eigenvalue weighted by molar-refractivity contribution is 7.92. The molecule has 2 aromatic rings. The summed E-state index contributed by atoms with van der Waals surface area (Å²) in [5.41, 5.74) is 2.63. The third-order valence-electron chi connectivity index (χ3n) is 5.93. The van der Waals surface area contributed by atoms with Crippen molar-refractivity contribution in [1.82, 2.24) is 14.9 Å². The summed E-state index contributed by atoms with van der Waals surface area (Å²) in [5.74, 6) is 0.409. The Hall–Kier alpha value is -2.94. The van der Waals surface area contributed by atoms with Gasteiger partial charge >= 0.3 is 6.03 Å². The van der Waals surface area contributed by atoms with Gasteiger partial charge in [-0.15, -0.1) is 6.58 Å². The smallest absolute Gasteiger partial charge is 0.323 e.